The lowest BCUT2D eigenvalue weighted by Crippen LogP contribution is -2.46. The summed E-state index contributed by atoms with van der Waals surface area (Å²) in [6.45, 7) is 2.56. The number of pyridine rings is 1. The highest BCUT2D eigenvalue weighted by atomic mass is 32.2. The van der Waals surface area contributed by atoms with Crippen molar-refractivity contribution in [3.8, 4) is 0 Å². The van der Waals surface area contributed by atoms with Crippen LogP contribution in [0.5, 0.6) is 0 Å². The van der Waals surface area contributed by atoms with E-state index in [0.717, 1.165) is 19.4 Å². The summed E-state index contributed by atoms with van der Waals surface area (Å²) in [5, 5.41) is 2.85. The molecule has 144 valence electrons. The molecule has 0 saturated carbocycles. The molecular weight excluding hydrogens is 354 g/mol. The molecule has 26 heavy (non-hydrogen) atoms. The predicted octanol–water partition coefficient (Wildman–Crippen LogP) is 0.613. The highest BCUT2D eigenvalue weighted by Crippen LogP contribution is 2.29. The van der Waals surface area contributed by atoms with Crippen LogP contribution in [-0.2, 0) is 15.0 Å². The quantitative estimate of drug-likeness (QED) is 0.780. The molecule has 4 rings (SSSR count). The molecule has 1 N–H and O–H groups in total. The minimum Gasteiger partial charge on any atom is -0.325 e. The number of carbonyl (C=O) groups is 1. The van der Waals surface area contributed by atoms with Gasteiger partial charge < -0.3 is 5.32 Å². The zero-order valence-electron chi connectivity index (χ0n) is 15.3. The highest BCUT2D eigenvalue weighted by molar-refractivity contribution is 7.86. The molecule has 1 amide bonds. The number of piperidine rings is 1. The molecule has 1 aromatic heterocycles. The maximum Gasteiger partial charge on any atom is 0.281 e. The highest BCUT2D eigenvalue weighted by Gasteiger charge is 2.39. The molecule has 9 heteroatoms. The van der Waals surface area contributed by atoms with Gasteiger partial charge in [0.25, 0.3) is 10.2 Å². The van der Waals surface area contributed by atoms with Crippen LogP contribution in [0.2, 0.25) is 0 Å². The zero-order valence-corrected chi connectivity index (χ0v) is 16.2. The molecular formula is C17H27N5O3S. The van der Waals surface area contributed by atoms with E-state index >= 15 is 0 Å². The number of carbonyl (C=O) groups excluding carboxylic acids is 1. The molecule has 8 nitrogen and oxygen atoms in total. The Morgan fingerprint density at radius 1 is 1.31 bits per heavy atom. The molecule has 0 unspecified atom stereocenters. The number of anilines is 1. The lowest BCUT2D eigenvalue weighted by molar-refractivity contribution is -0.116. The Kier molecular flexibility index (Phi) is 5.91. The van der Waals surface area contributed by atoms with E-state index in [0.29, 0.717) is 37.7 Å². The van der Waals surface area contributed by atoms with Crippen molar-refractivity contribution >= 4 is 21.8 Å². The van der Waals surface area contributed by atoms with Crippen LogP contribution in [-0.4, -0.2) is 79.1 Å². The zero-order chi connectivity index (χ0) is 18.7. The number of aromatic nitrogens is 1. The summed E-state index contributed by atoms with van der Waals surface area (Å²) >= 11 is 0. The monoisotopic (exact) mass is 381 g/mol. The largest absolute Gasteiger partial charge is 0.325 e. The van der Waals surface area contributed by atoms with Crippen LogP contribution in [0.3, 0.4) is 0 Å². The molecule has 3 aliphatic rings. The molecule has 0 aliphatic carbocycles. The van der Waals surface area contributed by atoms with Crippen LogP contribution < -0.4 is 5.32 Å². The summed E-state index contributed by atoms with van der Waals surface area (Å²) in [6.07, 6.45) is 5.70. The number of fused-ring (bicyclic) bond motifs is 4. The summed E-state index contributed by atoms with van der Waals surface area (Å²) in [7, 11) is -0.247. The first kappa shape index (κ1) is 19.2. The van der Waals surface area contributed by atoms with Crippen molar-refractivity contribution in [1.82, 2.24) is 18.5 Å². The van der Waals surface area contributed by atoms with Gasteiger partial charge in [0.15, 0.2) is 0 Å². The fourth-order valence-electron chi connectivity index (χ4n) is 3.73. The van der Waals surface area contributed by atoms with Crippen LogP contribution >= 0.6 is 0 Å². The topological polar surface area (TPSA) is 85.9 Å². The maximum atomic E-state index is 12.5. The predicted molar refractivity (Wildman–Crippen MR) is 99.7 cm³/mol. The van der Waals surface area contributed by atoms with Gasteiger partial charge in [0, 0.05) is 58.9 Å². The second-order valence-electron chi connectivity index (χ2n) is 7.24. The molecule has 3 saturated heterocycles. The van der Waals surface area contributed by atoms with Crippen molar-refractivity contribution in [2.24, 2.45) is 5.92 Å². The van der Waals surface area contributed by atoms with E-state index in [9.17, 15) is 13.2 Å². The summed E-state index contributed by atoms with van der Waals surface area (Å²) < 4.78 is 27.9. The summed E-state index contributed by atoms with van der Waals surface area (Å²) in [5.41, 5.74) is 0.693. The molecule has 0 aromatic carbocycles. The van der Waals surface area contributed by atoms with Gasteiger partial charge in [0.2, 0.25) is 5.91 Å². The third kappa shape index (κ3) is 4.40. The van der Waals surface area contributed by atoms with Crippen LogP contribution in [0.1, 0.15) is 19.3 Å². The second kappa shape index (κ2) is 7.99. The van der Waals surface area contributed by atoms with Crippen LogP contribution in [0.25, 0.3) is 0 Å². The number of hydrogen-bond acceptors (Lipinski definition) is 5. The van der Waals surface area contributed by atoms with Gasteiger partial charge in [0.1, 0.15) is 0 Å². The third-order valence-electron chi connectivity index (χ3n) is 5.15. The number of nitrogens with one attached hydrogen (secondary N) is 1. The van der Waals surface area contributed by atoms with Crippen molar-refractivity contribution in [1.29, 1.82) is 0 Å². The summed E-state index contributed by atoms with van der Waals surface area (Å²) in [5.74, 6) is 0.278. The van der Waals surface area contributed by atoms with Crippen molar-refractivity contribution in [3.63, 3.8) is 0 Å². The Morgan fingerprint density at radius 2 is 2.12 bits per heavy atom. The molecule has 1 aromatic rings. The molecule has 2 bridgehead atoms. The fraction of sp³-hybridized carbons (Fsp3) is 0.647. The van der Waals surface area contributed by atoms with E-state index in [2.05, 4.69) is 15.2 Å². The molecule has 0 radical (unpaired) electrons. The fourth-order valence-corrected chi connectivity index (χ4v) is 4.96. The van der Waals surface area contributed by atoms with Gasteiger partial charge in [-0.1, -0.05) is 0 Å². The average Bonchev–Trinajstić information content (AvgIpc) is 2.93. The van der Waals surface area contributed by atoms with Crippen molar-refractivity contribution < 1.29 is 13.2 Å². The summed E-state index contributed by atoms with van der Waals surface area (Å²) in [6, 6.07) is 3.76. The van der Waals surface area contributed by atoms with Crippen LogP contribution in [0.15, 0.2) is 24.5 Å². The van der Waals surface area contributed by atoms with Gasteiger partial charge in [-0.3, -0.25) is 14.7 Å². The first-order valence-electron chi connectivity index (χ1n) is 8.98. The van der Waals surface area contributed by atoms with Gasteiger partial charge >= 0.3 is 0 Å². The van der Waals surface area contributed by atoms with Crippen molar-refractivity contribution in [2.45, 2.75) is 25.3 Å². The Balaban J connectivity index is 1.58. The smallest absolute Gasteiger partial charge is 0.281 e. The van der Waals surface area contributed by atoms with Crippen molar-refractivity contribution in [2.75, 3.05) is 45.6 Å². The third-order valence-corrected chi connectivity index (χ3v) is 7.03. The number of nitrogens with zero attached hydrogens (tertiary/aromatic N) is 4. The second-order valence-corrected chi connectivity index (χ2v) is 9.38. The van der Waals surface area contributed by atoms with E-state index in [1.54, 1.807) is 36.9 Å². The lowest BCUT2D eigenvalue weighted by atomic mass is 9.95. The SMILES string of the molecule is CN(C)S(=O)(=O)N1C[C@H]2CC[C@@H](C1)N(CCC(=O)Nc1cccnc1)C2. The molecule has 2 atom stereocenters. The minimum atomic E-state index is -3.39. The van der Waals surface area contributed by atoms with Gasteiger partial charge in [0.05, 0.1) is 11.9 Å². The minimum absolute atomic E-state index is 0.0455. The molecule has 4 heterocycles. The Bertz CT molecular complexity index is 725. The summed E-state index contributed by atoms with van der Waals surface area (Å²) in [4.78, 5) is 18.4. The first-order valence-corrected chi connectivity index (χ1v) is 10.4. The molecule has 3 fully saturated rings. The Morgan fingerprint density at radius 3 is 2.81 bits per heavy atom. The van der Waals surface area contributed by atoms with Crippen LogP contribution in [0, 0.1) is 5.92 Å². The standard InChI is InChI=1S/C17H27N5O3S/c1-20(2)26(24,25)22-12-14-5-6-16(13-22)21(11-14)9-7-17(23)19-15-4-3-8-18-10-15/h3-4,8,10,14,16H,5-7,9,11-13H2,1-2H3,(H,19,23)/t14-,16-/m0/s1. The van der Waals surface area contributed by atoms with Crippen molar-refractivity contribution in [3.05, 3.63) is 24.5 Å². The Labute approximate surface area is 155 Å². The van der Waals surface area contributed by atoms with E-state index in [4.69, 9.17) is 0 Å². The van der Waals surface area contributed by atoms with Gasteiger partial charge in [-0.05, 0) is 30.9 Å². The van der Waals surface area contributed by atoms with Gasteiger partial charge in [-0.2, -0.15) is 17.0 Å². The Hall–Kier alpha value is -1.55. The maximum absolute atomic E-state index is 12.5. The molecule has 3 aliphatic heterocycles. The van der Waals surface area contributed by atoms with E-state index < -0.39 is 10.2 Å². The van der Waals surface area contributed by atoms with E-state index in [1.807, 2.05) is 6.07 Å². The van der Waals surface area contributed by atoms with Crippen LogP contribution in [0.4, 0.5) is 5.69 Å². The first-order chi connectivity index (χ1) is 12.4. The number of amides is 1. The van der Waals surface area contributed by atoms with E-state index in [1.165, 1.54) is 4.31 Å². The lowest BCUT2D eigenvalue weighted by Gasteiger charge is -2.35. The number of hydrogen-bond donors (Lipinski definition) is 1. The van der Waals surface area contributed by atoms with Gasteiger partial charge in [-0.25, -0.2) is 0 Å². The number of rotatable bonds is 6. The average molecular weight is 382 g/mol. The molecule has 0 spiro atoms. The van der Waals surface area contributed by atoms with Gasteiger partial charge in [-0.15, -0.1) is 0 Å². The normalized spacial score (nSPS) is 24.6. The van der Waals surface area contributed by atoms with E-state index in [-0.39, 0.29) is 11.9 Å².